The fourth-order valence-electron chi connectivity index (χ4n) is 7.53. The van der Waals surface area contributed by atoms with Gasteiger partial charge >= 0.3 is 0 Å². The molecule has 53 heavy (non-hydrogen) atoms. The summed E-state index contributed by atoms with van der Waals surface area (Å²) in [4.78, 5) is 14.9. The van der Waals surface area contributed by atoms with E-state index in [9.17, 15) is 5.26 Å². The first kappa shape index (κ1) is 32.0. The van der Waals surface area contributed by atoms with Gasteiger partial charge in [0.1, 0.15) is 0 Å². The molecule has 4 nitrogen and oxygen atoms in total. The largest absolute Gasteiger partial charge is 0.256 e. The molecule has 2 heterocycles. The summed E-state index contributed by atoms with van der Waals surface area (Å²) in [6.45, 7) is 4.50. The Balaban J connectivity index is 1.13. The minimum Gasteiger partial charge on any atom is -0.256 e. The lowest BCUT2D eigenvalue weighted by Gasteiger charge is -2.22. The second-order valence-electron chi connectivity index (χ2n) is 14.0. The van der Waals surface area contributed by atoms with E-state index >= 15 is 0 Å². The van der Waals surface area contributed by atoms with Gasteiger partial charge in [-0.15, -0.1) is 0 Å². The van der Waals surface area contributed by atoms with Gasteiger partial charge in [-0.1, -0.05) is 123 Å². The monoisotopic (exact) mass is 678 g/mol. The molecule has 0 radical (unpaired) electrons. The van der Waals surface area contributed by atoms with Crippen molar-refractivity contribution < 1.29 is 0 Å². The maximum atomic E-state index is 9.55. The number of nitrogens with zero attached hydrogens (tertiary/aromatic N) is 4. The molecular formula is C49H34N4. The zero-order chi connectivity index (χ0) is 35.9. The van der Waals surface area contributed by atoms with E-state index in [1.165, 1.54) is 27.8 Å². The van der Waals surface area contributed by atoms with E-state index in [-0.39, 0.29) is 5.41 Å². The highest BCUT2D eigenvalue weighted by Gasteiger charge is 2.35. The van der Waals surface area contributed by atoms with Crippen molar-refractivity contribution in [2.24, 2.45) is 0 Å². The predicted molar refractivity (Wildman–Crippen MR) is 215 cm³/mol. The number of aromatic nitrogens is 3. The van der Waals surface area contributed by atoms with Crippen LogP contribution in [0.4, 0.5) is 0 Å². The summed E-state index contributed by atoms with van der Waals surface area (Å²) in [7, 11) is 0. The zero-order valence-electron chi connectivity index (χ0n) is 29.5. The Hall–Kier alpha value is -6.96. The molecule has 0 saturated carbocycles. The Labute approximate surface area is 309 Å². The summed E-state index contributed by atoms with van der Waals surface area (Å²) in [6.07, 6.45) is 1.83. The molecule has 250 valence electrons. The molecule has 0 saturated heterocycles. The van der Waals surface area contributed by atoms with Crippen molar-refractivity contribution in [3.8, 4) is 84.6 Å². The topological polar surface area (TPSA) is 62.5 Å². The Kier molecular flexibility index (Phi) is 7.83. The first-order valence-electron chi connectivity index (χ1n) is 17.8. The summed E-state index contributed by atoms with van der Waals surface area (Å²) >= 11 is 0. The van der Waals surface area contributed by atoms with Crippen LogP contribution in [0.5, 0.6) is 0 Å². The van der Waals surface area contributed by atoms with E-state index in [1.54, 1.807) is 0 Å². The van der Waals surface area contributed by atoms with Gasteiger partial charge in [0.05, 0.1) is 28.7 Å². The van der Waals surface area contributed by atoms with Crippen LogP contribution in [0.2, 0.25) is 0 Å². The van der Waals surface area contributed by atoms with Crippen LogP contribution < -0.4 is 0 Å². The molecular weight excluding hydrogens is 645 g/mol. The molecule has 0 amide bonds. The van der Waals surface area contributed by atoms with E-state index in [1.807, 2.05) is 72.9 Å². The molecule has 2 aromatic heterocycles. The van der Waals surface area contributed by atoms with Crippen LogP contribution in [0.1, 0.15) is 30.5 Å². The van der Waals surface area contributed by atoms with Crippen molar-refractivity contribution in [2.45, 2.75) is 19.3 Å². The van der Waals surface area contributed by atoms with E-state index in [0.29, 0.717) is 11.4 Å². The van der Waals surface area contributed by atoms with E-state index < -0.39 is 0 Å². The van der Waals surface area contributed by atoms with E-state index in [4.69, 9.17) is 15.0 Å². The predicted octanol–water partition coefficient (Wildman–Crippen LogP) is 12.1. The van der Waals surface area contributed by atoms with Crippen molar-refractivity contribution in [3.63, 3.8) is 0 Å². The molecule has 0 aliphatic heterocycles. The van der Waals surface area contributed by atoms with Gasteiger partial charge in [-0.25, -0.2) is 9.97 Å². The van der Waals surface area contributed by atoms with Gasteiger partial charge in [0.15, 0.2) is 5.82 Å². The molecule has 0 unspecified atom stereocenters. The second kappa shape index (κ2) is 13.0. The Bertz CT molecular complexity index is 2620. The number of fused-ring (bicyclic) bond motifs is 3. The molecule has 1 aliphatic carbocycles. The van der Waals surface area contributed by atoms with Crippen LogP contribution in [0.15, 0.2) is 170 Å². The van der Waals surface area contributed by atoms with Gasteiger partial charge in [0.25, 0.3) is 0 Å². The summed E-state index contributed by atoms with van der Waals surface area (Å²) < 4.78 is 0. The van der Waals surface area contributed by atoms with E-state index in [2.05, 4.69) is 117 Å². The minimum absolute atomic E-state index is 0.197. The van der Waals surface area contributed by atoms with Crippen molar-refractivity contribution in [1.29, 1.82) is 5.26 Å². The van der Waals surface area contributed by atoms with Crippen LogP contribution in [-0.2, 0) is 5.41 Å². The number of rotatable bonds is 6. The smallest absolute Gasteiger partial charge is 0.160 e. The molecule has 0 fully saturated rings. The van der Waals surface area contributed by atoms with Crippen LogP contribution in [-0.4, -0.2) is 15.0 Å². The first-order valence-corrected chi connectivity index (χ1v) is 17.8. The standard InChI is InChI=1S/C49H34N4/c1-49(2)43-25-32(31-50)16-22-41(43)42-23-21-37(29-44(42)49)33-17-19-34(20-18-33)38-26-39(45-15-9-10-24-51-45)28-40(27-38)47-30-46(35-11-5-3-6-12-35)52-48(53-47)36-13-7-4-8-14-36/h3-30H,1-2H3. The van der Waals surface area contributed by atoms with Gasteiger partial charge in [-0.2, -0.15) is 5.26 Å². The van der Waals surface area contributed by atoms with Gasteiger partial charge in [0.2, 0.25) is 0 Å². The number of hydrogen-bond donors (Lipinski definition) is 0. The first-order chi connectivity index (χ1) is 25.9. The maximum Gasteiger partial charge on any atom is 0.160 e. The number of pyridine rings is 1. The summed E-state index contributed by atoms with van der Waals surface area (Å²) in [5.41, 5.74) is 16.6. The third kappa shape index (κ3) is 5.89. The molecule has 0 N–H and O–H groups in total. The lowest BCUT2D eigenvalue weighted by atomic mass is 9.81. The Morgan fingerprint density at radius 2 is 0.981 bits per heavy atom. The molecule has 6 aromatic carbocycles. The molecule has 8 aromatic rings. The van der Waals surface area contributed by atoms with Crippen LogP contribution in [0.25, 0.3) is 78.5 Å². The van der Waals surface area contributed by atoms with Crippen molar-refractivity contribution in [1.82, 2.24) is 15.0 Å². The Morgan fingerprint density at radius 3 is 1.64 bits per heavy atom. The third-order valence-corrected chi connectivity index (χ3v) is 10.4. The number of hydrogen-bond acceptors (Lipinski definition) is 4. The average molecular weight is 679 g/mol. The van der Waals surface area contributed by atoms with Gasteiger partial charge < -0.3 is 0 Å². The Morgan fingerprint density at radius 1 is 0.434 bits per heavy atom. The van der Waals surface area contributed by atoms with Gasteiger partial charge in [0, 0.05) is 33.9 Å². The zero-order valence-corrected chi connectivity index (χ0v) is 29.5. The SMILES string of the molecule is CC1(C)c2cc(C#N)ccc2-c2ccc(-c3ccc(-c4cc(-c5ccccn5)cc(-c5cc(-c6ccccc6)nc(-c6ccccc6)n5)c4)cc3)cc21. The van der Waals surface area contributed by atoms with Crippen molar-refractivity contribution in [2.75, 3.05) is 0 Å². The molecule has 0 atom stereocenters. The fourth-order valence-corrected chi connectivity index (χ4v) is 7.53. The third-order valence-electron chi connectivity index (χ3n) is 10.4. The molecule has 0 spiro atoms. The van der Waals surface area contributed by atoms with Gasteiger partial charge in [-0.05, 0) is 99.1 Å². The second-order valence-corrected chi connectivity index (χ2v) is 14.0. The van der Waals surface area contributed by atoms with Crippen LogP contribution in [0.3, 0.4) is 0 Å². The van der Waals surface area contributed by atoms with Crippen molar-refractivity contribution >= 4 is 0 Å². The fraction of sp³-hybridized carbons (Fsp3) is 0.0612. The normalized spacial score (nSPS) is 12.5. The molecule has 9 rings (SSSR count). The lowest BCUT2D eigenvalue weighted by Crippen LogP contribution is -2.15. The maximum absolute atomic E-state index is 9.55. The average Bonchev–Trinajstić information content (AvgIpc) is 3.46. The highest BCUT2D eigenvalue weighted by Crippen LogP contribution is 2.50. The van der Waals surface area contributed by atoms with Crippen molar-refractivity contribution in [3.05, 3.63) is 187 Å². The lowest BCUT2D eigenvalue weighted by molar-refractivity contribution is 0.660. The summed E-state index contributed by atoms with van der Waals surface area (Å²) in [5, 5.41) is 9.55. The highest BCUT2D eigenvalue weighted by atomic mass is 14.9. The molecule has 1 aliphatic rings. The van der Waals surface area contributed by atoms with Gasteiger partial charge in [-0.3, -0.25) is 4.98 Å². The van der Waals surface area contributed by atoms with Crippen LogP contribution in [0, 0.1) is 11.3 Å². The summed E-state index contributed by atoms with van der Waals surface area (Å²) in [5.74, 6) is 0.683. The molecule has 4 heteroatoms. The van der Waals surface area contributed by atoms with Crippen LogP contribution >= 0.6 is 0 Å². The van der Waals surface area contributed by atoms with E-state index in [0.717, 1.165) is 56.0 Å². The minimum atomic E-state index is -0.197. The summed E-state index contributed by atoms with van der Waals surface area (Å²) in [6, 6.07) is 59.1. The quantitative estimate of drug-likeness (QED) is 0.176. The number of nitriles is 1. The molecule has 0 bridgehead atoms. The highest BCUT2D eigenvalue weighted by molar-refractivity contribution is 5.85. The number of benzene rings is 6.